The van der Waals surface area contributed by atoms with Gasteiger partial charge in [0, 0.05) is 5.75 Å². The number of hydrogen-bond acceptors (Lipinski definition) is 4. The Hall–Kier alpha value is -2.78. The lowest BCUT2D eigenvalue weighted by Crippen LogP contribution is -2.35. The van der Waals surface area contributed by atoms with Crippen molar-refractivity contribution in [3.63, 3.8) is 0 Å². The zero-order valence-electron chi connectivity index (χ0n) is 14.7. The normalized spacial score (nSPS) is 11.4. The maximum Gasteiger partial charge on any atom is 0.330 e. The molecule has 0 fully saturated rings. The fraction of sp³-hybridized carbons (Fsp3) is 0.250. The summed E-state index contributed by atoms with van der Waals surface area (Å²) in [5.41, 5.74) is 4.05. The number of aryl methyl sites for hydroxylation is 1. The van der Waals surface area contributed by atoms with Gasteiger partial charge in [-0.15, -0.1) is 11.8 Å². The van der Waals surface area contributed by atoms with Gasteiger partial charge in [-0.1, -0.05) is 30.3 Å². The van der Waals surface area contributed by atoms with E-state index in [0.29, 0.717) is 16.9 Å². The van der Waals surface area contributed by atoms with Crippen LogP contribution in [-0.4, -0.2) is 22.7 Å². The van der Waals surface area contributed by atoms with Gasteiger partial charge in [-0.05, 0) is 48.2 Å². The maximum atomic E-state index is 12.2. The van der Waals surface area contributed by atoms with Crippen molar-refractivity contribution in [2.45, 2.75) is 25.6 Å². The summed E-state index contributed by atoms with van der Waals surface area (Å²) in [5.74, 6) is -0.629. The number of thioether (sulfide) groups is 1. The van der Waals surface area contributed by atoms with Gasteiger partial charge < -0.3 is 10.4 Å². The standard InChI is InChI=1S/C20H20N2O3S/c1-13-4-3-5-17(14(13)2)19(20(24)25)22-18(23)12-26-11-16-8-6-15(10-21)7-9-16/h3-9,19H,11-12H2,1-2H3,(H,22,23)(H,24,25). The van der Waals surface area contributed by atoms with Crippen molar-refractivity contribution >= 4 is 23.6 Å². The van der Waals surface area contributed by atoms with Crippen molar-refractivity contribution in [2.75, 3.05) is 5.75 Å². The zero-order valence-corrected chi connectivity index (χ0v) is 15.5. The molecule has 5 nitrogen and oxygen atoms in total. The number of carbonyl (C=O) groups excluding carboxylic acids is 1. The molecule has 0 aromatic heterocycles. The molecule has 0 aliphatic carbocycles. The lowest BCUT2D eigenvalue weighted by Gasteiger charge is -2.18. The number of nitrogens with one attached hydrogen (secondary N) is 1. The van der Waals surface area contributed by atoms with Crippen LogP contribution in [0, 0.1) is 25.2 Å². The van der Waals surface area contributed by atoms with E-state index in [2.05, 4.69) is 11.4 Å². The Morgan fingerprint density at radius 2 is 1.88 bits per heavy atom. The van der Waals surface area contributed by atoms with E-state index in [9.17, 15) is 14.7 Å². The van der Waals surface area contributed by atoms with Crippen LogP contribution in [0.15, 0.2) is 42.5 Å². The van der Waals surface area contributed by atoms with Crippen LogP contribution in [0.2, 0.25) is 0 Å². The monoisotopic (exact) mass is 368 g/mol. The van der Waals surface area contributed by atoms with Gasteiger partial charge >= 0.3 is 5.97 Å². The number of benzene rings is 2. The fourth-order valence-electron chi connectivity index (χ4n) is 2.50. The summed E-state index contributed by atoms with van der Waals surface area (Å²) < 4.78 is 0. The van der Waals surface area contributed by atoms with Gasteiger partial charge in [-0.25, -0.2) is 4.79 Å². The number of aliphatic carboxylic acids is 1. The van der Waals surface area contributed by atoms with Gasteiger partial charge in [0.25, 0.3) is 0 Å². The average molecular weight is 368 g/mol. The smallest absolute Gasteiger partial charge is 0.330 e. The number of carboxylic acids is 1. The SMILES string of the molecule is Cc1cccc(C(NC(=O)CSCc2ccc(C#N)cc2)C(=O)O)c1C. The third-order valence-corrected chi connectivity index (χ3v) is 5.10. The molecule has 2 rings (SSSR count). The molecule has 2 N–H and O–H groups in total. The molecule has 0 saturated heterocycles. The van der Waals surface area contributed by atoms with Gasteiger partial charge in [0.2, 0.25) is 5.91 Å². The molecule has 1 amide bonds. The lowest BCUT2D eigenvalue weighted by atomic mass is 9.97. The van der Waals surface area contributed by atoms with Crippen LogP contribution in [0.1, 0.15) is 33.9 Å². The van der Waals surface area contributed by atoms with Gasteiger partial charge in [-0.3, -0.25) is 4.79 Å². The van der Waals surface area contributed by atoms with Crippen LogP contribution in [-0.2, 0) is 15.3 Å². The average Bonchev–Trinajstić information content (AvgIpc) is 2.63. The summed E-state index contributed by atoms with van der Waals surface area (Å²) in [6.07, 6.45) is 0. The van der Waals surface area contributed by atoms with Crippen molar-refractivity contribution in [3.05, 3.63) is 70.3 Å². The number of hydrogen-bond donors (Lipinski definition) is 2. The predicted octanol–water partition coefficient (Wildman–Crippen LogP) is 3.35. The number of nitriles is 1. The molecule has 134 valence electrons. The number of amides is 1. The molecular weight excluding hydrogens is 348 g/mol. The Balaban J connectivity index is 1.94. The number of carboxylic acid groups (broad SMARTS) is 1. The van der Waals surface area contributed by atoms with E-state index in [1.807, 2.05) is 32.0 Å². The van der Waals surface area contributed by atoms with E-state index >= 15 is 0 Å². The Morgan fingerprint density at radius 1 is 1.19 bits per heavy atom. The van der Waals surface area contributed by atoms with Crippen molar-refractivity contribution in [2.24, 2.45) is 0 Å². The van der Waals surface area contributed by atoms with Crippen molar-refractivity contribution in [1.82, 2.24) is 5.32 Å². The highest BCUT2D eigenvalue weighted by Gasteiger charge is 2.23. The molecule has 0 spiro atoms. The molecule has 2 aromatic rings. The first-order valence-corrected chi connectivity index (χ1v) is 9.23. The highest BCUT2D eigenvalue weighted by Crippen LogP contribution is 2.21. The summed E-state index contributed by atoms with van der Waals surface area (Å²) in [7, 11) is 0. The van der Waals surface area contributed by atoms with Crippen LogP contribution in [0.3, 0.4) is 0 Å². The molecule has 6 heteroatoms. The van der Waals surface area contributed by atoms with Crippen molar-refractivity contribution in [1.29, 1.82) is 5.26 Å². The number of nitrogens with zero attached hydrogens (tertiary/aromatic N) is 1. The third-order valence-electron chi connectivity index (χ3n) is 4.09. The zero-order chi connectivity index (χ0) is 19.1. The summed E-state index contributed by atoms with van der Waals surface area (Å²) in [4.78, 5) is 23.8. The Kier molecular flexibility index (Phi) is 6.81. The lowest BCUT2D eigenvalue weighted by molar-refractivity contribution is -0.141. The molecule has 2 aromatic carbocycles. The van der Waals surface area contributed by atoms with Crippen molar-refractivity contribution in [3.8, 4) is 6.07 Å². The minimum Gasteiger partial charge on any atom is -0.479 e. The van der Waals surface area contributed by atoms with Gasteiger partial charge in [-0.2, -0.15) is 5.26 Å². The van der Waals surface area contributed by atoms with Crippen LogP contribution < -0.4 is 5.32 Å². The van der Waals surface area contributed by atoms with E-state index in [4.69, 9.17) is 5.26 Å². The van der Waals surface area contributed by atoms with Crippen LogP contribution in [0.25, 0.3) is 0 Å². The number of carbonyl (C=O) groups is 2. The molecular formula is C20H20N2O3S. The number of rotatable bonds is 7. The topological polar surface area (TPSA) is 90.2 Å². The van der Waals surface area contributed by atoms with E-state index in [1.165, 1.54) is 11.8 Å². The molecule has 1 atom stereocenters. The minimum absolute atomic E-state index is 0.161. The minimum atomic E-state index is -1.08. The second-order valence-corrected chi connectivity index (χ2v) is 6.92. The van der Waals surface area contributed by atoms with E-state index < -0.39 is 12.0 Å². The first-order chi connectivity index (χ1) is 12.4. The van der Waals surface area contributed by atoms with Gasteiger partial charge in [0.1, 0.15) is 0 Å². The first kappa shape index (κ1) is 19.5. The van der Waals surface area contributed by atoms with Crippen LogP contribution in [0.5, 0.6) is 0 Å². The molecule has 1 unspecified atom stereocenters. The Morgan fingerprint density at radius 3 is 2.50 bits per heavy atom. The van der Waals surface area contributed by atoms with Crippen molar-refractivity contribution < 1.29 is 14.7 Å². The maximum absolute atomic E-state index is 12.2. The molecule has 0 aliphatic heterocycles. The molecule has 26 heavy (non-hydrogen) atoms. The van der Waals surface area contributed by atoms with E-state index in [1.54, 1.807) is 24.3 Å². The fourth-order valence-corrected chi connectivity index (χ4v) is 3.30. The van der Waals surface area contributed by atoms with E-state index in [0.717, 1.165) is 16.7 Å². The quantitative estimate of drug-likeness (QED) is 0.782. The molecule has 0 radical (unpaired) electrons. The molecule has 0 bridgehead atoms. The second-order valence-electron chi connectivity index (χ2n) is 5.93. The van der Waals surface area contributed by atoms with Gasteiger partial charge in [0.05, 0.1) is 17.4 Å². The third kappa shape index (κ3) is 5.11. The highest BCUT2D eigenvalue weighted by atomic mass is 32.2. The summed E-state index contributed by atoms with van der Waals surface area (Å²) in [6.45, 7) is 3.76. The highest BCUT2D eigenvalue weighted by molar-refractivity contribution is 7.99. The first-order valence-electron chi connectivity index (χ1n) is 8.07. The summed E-state index contributed by atoms with van der Waals surface area (Å²) >= 11 is 1.40. The Labute approximate surface area is 157 Å². The van der Waals surface area contributed by atoms with Crippen LogP contribution >= 0.6 is 11.8 Å². The summed E-state index contributed by atoms with van der Waals surface area (Å²) in [5, 5.41) is 20.9. The molecule has 0 heterocycles. The van der Waals surface area contributed by atoms with Crippen LogP contribution in [0.4, 0.5) is 0 Å². The predicted molar refractivity (Wildman–Crippen MR) is 102 cm³/mol. The largest absolute Gasteiger partial charge is 0.479 e. The molecule has 0 saturated carbocycles. The van der Waals surface area contributed by atoms with Gasteiger partial charge in [0.15, 0.2) is 6.04 Å². The Bertz CT molecular complexity index is 841. The van der Waals surface area contributed by atoms with E-state index in [-0.39, 0.29) is 11.7 Å². The molecule has 0 aliphatic rings. The second kappa shape index (κ2) is 9.07. The summed E-state index contributed by atoms with van der Waals surface area (Å²) in [6, 6.07) is 13.6.